The first kappa shape index (κ1) is 20.3. The number of hydrogen-bond acceptors (Lipinski definition) is 3. The molecule has 3 rings (SSSR count). The standard InChI is InChI=1S/C20H26Cl2N2O3/c1-27-18-16(21)12-15(13-17(18)22)20(26)24-10-6-14(7-11-24)19(25)23-8-4-2-3-5-9-23/h12-14H,2-11H2,1H3. The van der Waals surface area contributed by atoms with Gasteiger partial charge in [-0.2, -0.15) is 0 Å². The van der Waals surface area contributed by atoms with Crippen molar-refractivity contribution in [1.82, 2.24) is 9.80 Å². The molecule has 0 aromatic heterocycles. The fourth-order valence-corrected chi connectivity index (χ4v) is 4.58. The largest absolute Gasteiger partial charge is 0.494 e. The van der Waals surface area contributed by atoms with Crippen molar-refractivity contribution < 1.29 is 14.3 Å². The average molecular weight is 413 g/mol. The van der Waals surface area contributed by atoms with Crippen LogP contribution in [0.4, 0.5) is 0 Å². The van der Waals surface area contributed by atoms with Crippen LogP contribution in [0.15, 0.2) is 12.1 Å². The fraction of sp³-hybridized carbons (Fsp3) is 0.600. The minimum atomic E-state index is -0.109. The van der Waals surface area contributed by atoms with Gasteiger partial charge in [-0.05, 0) is 37.8 Å². The summed E-state index contributed by atoms with van der Waals surface area (Å²) >= 11 is 12.3. The van der Waals surface area contributed by atoms with Gasteiger partial charge in [-0.15, -0.1) is 0 Å². The van der Waals surface area contributed by atoms with E-state index in [1.165, 1.54) is 20.0 Å². The maximum atomic E-state index is 12.8. The van der Waals surface area contributed by atoms with Gasteiger partial charge >= 0.3 is 0 Å². The molecule has 2 saturated heterocycles. The Balaban J connectivity index is 1.60. The summed E-state index contributed by atoms with van der Waals surface area (Å²) in [5, 5.41) is 0.638. The van der Waals surface area contributed by atoms with Crippen LogP contribution in [-0.4, -0.2) is 54.9 Å². The number of hydrogen-bond donors (Lipinski definition) is 0. The van der Waals surface area contributed by atoms with Crippen LogP contribution in [0.25, 0.3) is 0 Å². The number of amides is 2. The molecule has 0 spiro atoms. The highest BCUT2D eigenvalue weighted by Gasteiger charge is 2.31. The summed E-state index contributed by atoms with van der Waals surface area (Å²) in [7, 11) is 1.49. The lowest BCUT2D eigenvalue weighted by molar-refractivity contribution is -0.136. The molecule has 0 saturated carbocycles. The predicted molar refractivity (Wildman–Crippen MR) is 107 cm³/mol. The van der Waals surface area contributed by atoms with Gasteiger partial charge in [-0.25, -0.2) is 0 Å². The van der Waals surface area contributed by atoms with E-state index in [0.29, 0.717) is 47.3 Å². The lowest BCUT2D eigenvalue weighted by Gasteiger charge is -2.34. The zero-order valence-electron chi connectivity index (χ0n) is 15.7. The van der Waals surface area contributed by atoms with Crippen LogP contribution in [0.3, 0.4) is 0 Å². The van der Waals surface area contributed by atoms with Crippen molar-refractivity contribution in [2.24, 2.45) is 5.92 Å². The van der Waals surface area contributed by atoms with Gasteiger partial charge in [0.25, 0.3) is 5.91 Å². The van der Waals surface area contributed by atoms with Gasteiger partial charge in [-0.3, -0.25) is 9.59 Å². The van der Waals surface area contributed by atoms with Gasteiger partial charge < -0.3 is 14.5 Å². The van der Waals surface area contributed by atoms with Crippen LogP contribution < -0.4 is 4.74 Å². The van der Waals surface area contributed by atoms with Crippen molar-refractivity contribution in [2.45, 2.75) is 38.5 Å². The lowest BCUT2D eigenvalue weighted by Crippen LogP contribution is -2.44. The molecule has 148 valence electrons. The third-order valence-electron chi connectivity index (χ3n) is 5.50. The van der Waals surface area contributed by atoms with E-state index in [1.54, 1.807) is 17.0 Å². The zero-order valence-corrected chi connectivity index (χ0v) is 17.2. The Labute approximate surface area is 170 Å². The Morgan fingerprint density at radius 2 is 1.48 bits per heavy atom. The van der Waals surface area contributed by atoms with Gasteiger partial charge in [0.15, 0.2) is 5.75 Å². The molecule has 0 bridgehead atoms. The topological polar surface area (TPSA) is 49.9 Å². The van der Waals surface area contributed by atoms with Crippen molar-refractivity contribution in [3.63, 3.8) is 0 Å². The third-order valence-corrected chi connectivity index (χ3v) is 6.06. The van der Waals surface area contributed by atoms with E-state index in [-0.39, 0.29) is 17.7 Å². The third kappa shape index (κ3) is 4.69. The van der Waals surface area contributed by atoms with E-state index in [4.69, 9.17) is 27.9 Å². The maximum Gasteiger partial charge on any atom is 0.253 e. The summed E-state index contributed by atoms with van der Waals surface area (Å²) in [5.74, 6) is 0.550. The van der Waals surface area contributed by atoms with E-state index in [2.05, 4.69) is 0 Å². The molecule has 1 aromatic carbocycles. The Morgan fingerprint density at radius 3 is 2.00 bits per heavy atom. The van der Waals surface area contributed by atoms with Crippen molar-refractivity contribution >= 4 is 35.0 Å². The van der Waals surface area contributed by atoms with Gasteiger partial charge in [0.05, 0.1) is 17.2 Å². The van der Waals surface area contributed by atoms with Gasteiger partial charge in [0.2, 0.25) is 5.91 Å². The van der Waals surface area contributed by atoms with Crippen molar-refractivity contribution in [3.8, 4) is 5.75 Å². The quantitative estimate of drug-likeness (QED) is 0.744. The first-order valence-corrected chi connectivity index (χ1v) is 10.4. The molecule has 2 heterocycles. The second-order valence-electron chi connectivity index (χ2n) is 7.28. The van der Waals surface area contributed by atoms with Gasteiger partial charge in [0.1, 0.15) is 0 Å². The lowest BCUT2D eigenvalue weighted by atomic mass is 9.94. The molecule has 2 fully saturated rings. The maximum absolute atomic E-state index is 12.8. The number of ether oxygens (including phenoxy) is 1. The van der Waals surface area contributed by atoms with Crippen LogP contribution >= 0.6 is 23.2 Å². The van der Waals surface area contributed by atoms with Gasteiger partial charge in [0, 0.05) is 37.7 Å². The Hall–Kier alpha value is -1.46. The highest BCUT2D eigenvalue weighted by atomic mass is 35.5. The van der Waals surface area contributed by atoms with Gasteiger partial charge in [-0.1, -0.05) is 36.0 Å². The highest BCUT2D eigenvalue weighted by molar-refractivity contribution is 6.37. The van der Waals surface area contributed by atoms with E-state index in [1.807, 2.05) is 4.90 Å². The molecule has 0 aliphatic carbocycles. The molecule has 1 aromatic rings. The molecule has 27 heavy (non-hydrogen) atoms. The SMILES string of the molecule is COc1c(Cl)cc(C(=O)N2CCC(C(=O)N3CCCCCC3)CC2)cc1Cl. The second-order valence-corrected chi connectivity index (χ2v) is 8.09. The molecule has 5 nitrogen and oxygen atoms in total. The Kier molecular flexibility index (Phi) is 6.88. The van der Waals surface area contributed by atoms with E-state index in [0.717, 1.165) is 25.9 Å². The van der Waals surface area contributed by atoms with Crippen molar-refractivity contribution in [2.75, 3.05) is 33.3 Å². The minimum absolute atomic E-state index is 0.0233. The number of methoxy groups -OCH3 is 1. The van der Waals surface area contributed by atoms with Crippen LogP contribution in [0.1, 0.15) is 48.9 Å². The highest BCUT2D eigenvalue weighted by Crippen LogP contribution is 2.34. The fourth-order valence-electron chi connectivity index (χ4n) is 3.94. The predicted octanol–water partition coefficient (Wildman–Crippen LogP) is 4.26. The molecule has 2 amide bonds. The summed E-state index contributed by atoms with van der Waals surface area (Å²) in [6.45, 7) is 2.90. The smallest absolute Gasteiger partial charge is 0.253 e. The van der Waals surface area contributed by atoms with Crippen molar-refractivity contribution in [1.29, 1.82) is 0 Å². The molecule has 2 aliphatic heterocycles. The second kappa shape index (κ2) is 9.16. The van der Waals surface area contributed by atoms with Crippen LogP contribution in [0.2, 0.25) is 10.0 Å². The molecular formula is C20H26Cl2N2O3. The number of likely N-dealkylation sites (tertiary alicyclic amines) is 2. The van der Waals surface area contributed by atoms with E-state index in [9.17, 15) is 9.59 Å². The van der Waals surface area contributed by atoms with Crippen LogP contribution in [0, 0.1) is 5.92 Å². The summed E-state index contributed by atoms with van der Waals surface area (Å²) in [6, 6.07) is 3.17. The monoisotopic (exact) mass is 412 g/mol. The Bertz CT molecular complexity index is 671. The summed E-state index contributed by atoms with van der Waals surface area (Å²) in [4.78, 5) is 29.4. The molecule has 0 atom stereocenters. The summed E-state index contributed by atoms with van der Waals surface area (Å²) in [5.41, 5.74) is 0.447. The van der Waals surface area contributed by atoms with Crippen LogP contribution in [0.5, 0.6) is 5.75 Å². The first-order chi connectivity index (χ1) is 13.0. The molecule has 0 N–H and O–H groups in total. The number of halogens is 2. The van der Waals surface area contributed by atoms with E-state index < -0.39 is 0 Å². The molecule has 0 radical (unpaired) electrons. The Morgan fingerprint density at radius 1 is 0.926 bits per heavy atom. The number of rotatable bonds is 3. The number of carbonyl (C=O) groups excluding carboxylic acids is 2. The minimum Gasteiger partial charge on any atom is -0.494 e. The average Bonchev–Trinajstić information content (AvgIpc) is 2.96. The number of nitrogens with zero attached hydrogens (tertiary/aromatic N) is 2. The molecular weight excluding hydrogens is 387 g/mol. The molecule has 2 aliphatic rings. The number of carbonyl (C=O) groups is 2. The zero-order chi connectivity index (χ0) is 19.4. The van der Waals surface area contributed by atoms with Crippen LogP contribution in [-0.2, 0) is 4.79 Å². The number of benzene rings is 1. The summed E-state index contributed by atoms with van der Waals surface area (Å²) < 4.78 is 5.13. The first-order valence-electron chi connectivity index (χ1n) is 9.62. The summed E-state index contributed by atoms with van der Waals surface area (Å²) in [6.07, 6.45) is 6.04. The molecule has 0 unspecified atom stereocenters. The van der Waals surface area contributed by atoms with Crippen molar-refractivity contribution in [3.05, 3.63) is 27.7 Å². The molecule has 7 heteroatoms. The normalized spacial score (nSPS) is 18.9. The number of piperidine rings is 1. The van der Waals surface area contributed by atoms with E-state index >= 15 is 0 Å².